The number of amides is 1. The lowest BCUT2D eigenvalue weighted by molar-refractivity contribution is -0.127. The van der Waals surface area contributed by atoms with Crippen LogP contribution in [0.5, 0.6) is 0 Å². The van der Waals surface area contributed by atoms with Crippen molar-refractivity contribution in [3.05, 3.63) is 64.7 Å². The molecule has 0 aromatic heterocycles. The Morgan fingerprint density at radius 3 is 2.54 bits per heavy atom. The van der Waals surface area contributed by atoms with Crippen LogP contribution in [0.15, 0.2) is 47.4 Å². The number of fused-ring (bicyclic) bond motifs is 1. The average Bonchev–Trinajstić information content (AvgIpc) is 3.13. The molecule has 0 aliphatic heterocycles. The third-order valence-corrected chi connectivity index (χ3v) is 5.63. The Hall–Kier alpha value is -2.27. The summed E-state index contributed by atoms with van der Waals surface area (Å²) >= 11 is 1.59. The summed E-state index contributed by atoms with van der Waals surface area (Å²) in [4.78, 5) is 26.7. The number of esters is 1. The molecule has 0 unspecified atom stereocenters. The molecule has 0 N–H and O–H groups in total. The van der Waals surface area contributed by atoms with E-state index in [0.29, 0.717) is 17.9 Å². The molecular formula is C21H23NO3S. The number of nitrogens with zero attached hydrogens (tertiary/aromatic N) is 1. The van der Waals surface area contributed by atoms with Crippen molar-refractivity contribution in [2.75, 3.05) is 19.9 Å². The molecule has 1 amide bonds. The summed E-state index contributed by atoms with van der Waals surface area (Å²) in [7, 11) is 3.17. The highest BCUT2D eigenvalue weighted by Gasteiger charge is 2.14. The number of thioether (sulfide) groups is 1. The average molecular weight is 369 g/mol. The molecule has 0 atom stereocenters. The van der Waals surface area contributed by atoms with Gasteiger partial charge >= 0.3 is 5.97 Å². The largest absolute Gasteiger partial charge is 0.465 e. The number of hydrogen-bond acceptors (Lipinski definition) is 4. The number of ether oxygens (including phenoxy) is 1. The number of hydrogen-bond donors (Lipinski definition) is 0. The van der Waals surface area contributed by atoms with Crippen molar-refractivity contribution in [1.82, 2.24) is 4.90 Å². The molecule has 0 saturated heterocycles. The highest BCUT2D eigenvalue weighted by atomic mass is 32.2. The SMILES string of the molecule is COC(=O)c1ccc(CN(C)C(=O)CSc2ccc3c(c2)CCC3)cc1. The fraction of sp³-hybridized carbons (Fsp3) is 0.333. The Balaban J connectivity index is 1.52. The summed E-state index contributed by atoms with van der Waals surface area (Å²) in [5.74, 6) is 0.162. The zero-order valence-corrected chi connectivity index (χ0v) is 16.0. The molecule has 0 spiro atoms. The lowest BCUT2D eigenvalue weighted by atomic mass is 10.1. The standard InChI is InChI=1S/C21H23NO3S/c1-22(13-15-6-8-17(9-7-15)21(24)25-2)20(23)14-26-19-11-10-16-4-3-5-18(16)12-19/h6-12H,3-5,13-14H2,1-2H3. The quantitative estimate of drug-likeness (QED) is 0.575. The van der Waals surface area contributed by atoms with E-state index in [2.05, 4.69) is 18.2 Å². The Labute approximate surface area is 158 Å². The Bertz CT molecular complexity index is 801. The van der Waals surface area contributed by atoms with Crippen LogP contribution in [0, 0.1) is 0 Å². The molecule has 136 valence electrons. The van der Waals surface area contributed by atoms with Gasteiger partial charge in [0.05, 0.1) is 18.4 Å². The highest BCUT2D eigenvalue weighted by molar-refractivity contribution is 8.00. The van der Waals surface area contributed by atoms with Gasteiger partial charge in [0, 0.05) is 18.5 Å². The van der Waals surface area contributed by atoms with Gasteiger partial charge in [0.15, 0.2) is 0 Å². The smallest absolute Gasteiger partial charge is 0.337 e. The van der Waals surface area contributed by atoms with Crippen molar-refractivity contribution in [3.63, 3.8) is 0 Å². The molecule has 0 fully saturated rings. The van der Waals surface area contributed by atoms with E-state index in [1.54, 1.807) is 35.8 Å². The summed E-state index contributed by atoms with van der Waals surface area (Å²) in [5, 5.41) is 0. The second-order valence-corrected chi connectivity index (χ2v) is 7.56. The van der Waals surface area contributed by atoms with Crippen molar-refractivity contribution in [2.24, 2.45) is 0 Å². The summed E-state index contributed by atoms with van der Waals surface area (Å²) in [6, 6.07) is 13.7. The van der Waals surface area contributed by atoms with Crippen LogP contribution in [0.1, 0.15) is 33.5 Å². The van der Waals surface area contributed by atoms with E-state index in [9.17, 15) is 9.59 Å². The van der Waals surface area contributed by atoms with E-state index >= 15 is 0 Å². The highest BCUT2D eigenvalue weighted by Crippen LogP contribution is 2.27. The van der Waals surface area contributed by atoms with Gasteiger partial charge in [-0.2, -0.15) is 0 Å². The molecule has 0 heterocycles. The van der Waals surface area contributed by atoms with E-state index in [1.807, 2.05) is 12.1 Å². The maximum Gasteiger partial charge on any atom is 0.337 e. The summed E-state index contributed by atoms with van der Waals surface area (Å²) in [6.07, 6.45) is 3.57. The van der Waals surface area contributed by atoms with Gasteiger partial charge in [-0.1, -0.05) is 18.2 Å². The lowest BCUT2D eigenvalue weighted by Crippen LogP contribution is -2.27. The first-order valence-corrected chi connectivity index (χ1v) is 9.71. The lowest BCUT2D eigenvalue weighted by Gasteiger charge is -2.17. The number of aryl methyl sites for hydroxylation is 2. The number of carbonyl (C=O) groups excluding carboxylic acids is 2. The number of methoxy groups -OCH3 is 1. The summed E-state index contributed by atoms with van der Waals surface area (Å²) < 4.78 is 4.69. The fourth-order valence-corrected chi connectivity index (χ4v) is 4.02. The Morgan fingerprint density at radius 1 is 1.08 bits per heavy atom. The van der Waals surface area contributed by atoms with Gasteiger partial charge in [-0.3, -0.25) is 4.79 Å². The molecule has 1 aliphatic rings. The molecule has 5 heteroatoms. The minimum absolute atomic E-state index is 0.0903. The van der Waals surface area contributed by atoms with Crippen molar-refractivity contribution in [3.8, 4) is 0 Å². The topological polar surface area (TPSA) is 46.6 Å². The molecule has 0 radical (unpaired) electrons. The molecular weight excluding hydrogens is 346 g/mol. The predicted octanol–water partition coefficient (Wildman–Crippen LogP) is 3.71. The van der Waals surface area contributed by atoms with E-state index in [4.69, 9.17) is 4.74 Å². The van der Waals surface area contributed by atoms with Crippen LogP contribution in [0.25, 0.3) is 0 Å². The zero-order valence-electron chi connectivity index (χ0n) is 15.2. The van der Waals surface area contributed by atoms with Crippen LogP contribution in [0.2, 0.25) is 0 Å². The summed E-state index contributed by atoms with van der Waals surface area (Å²) in [5.41, 5.74) is 4.38. The molecule has 4 nitrogen and oxygen atoms in total. The van der Waals surface area contributed by atoms with Crippen LogP contribution in [0.4, 0.5) is 0 Å². The summed E-state index contributed by atoms with van der Waals surface area (Å²) in [6.45, 7) is 0.519. The second kappa shape index (κ2) is 8.41. The van der Waals surface area contributed by atoms with Crippen molar-refractivity contribution in [1.29, 1.82) is 0 Å². The monoisotopic (exact) mass is 369 g/mol. The minimum Gasteiger partial charge on any atom is -0.465 e. The first-order valence-electron chi connectivity index (χ1n) is 8.72. The van der Waals surface area contributed by atoms with Crippen LogP contribution in [-0.4, -0.2) is 36.7 Å². The number of rotatable bonds is 6. The van der Waals surface area contributed by atoms with E-state index in [-0.39, 0.29) is 11.9 Å². The van der Waals surface area contributed by atoms with Gasteiger partial charge in [0.25, 0.3) is 0 Å². The van der Waals surface area contributed by atoms with Crippen LogP contribution in [-0.2, 0) is 28.9 Å². The van der Waals surface area contributed by atoms with Gasteiger partial charge in [-0.25, -0.2) is 4.79 Å². The van der Waals surface area contributed by atoms with Crippen molar-refractivity contribution in [2.45, 2.75) is 30.7 Å². The maximum atomic E-state index is 12.4. The molecule has 1 aliphatic carbocycles. The molecule has 2 aromatic carbocycles. The molecule has 0 saturated carbocycles. The molecule has 3 rings (SSSR count). The minimum atomic E-state index is -0.355. The maximum absolute atomic E-state index is 12.4. The van der Waals surface area contributed by atoms with Crippen molar-refractivity contribution < 1.29 is 14.3 Å². The van der Waals surface area contributed by atoms with Crippen LogP contribution < -0.4 is 0 Å². The number of carbonyl (C=O) groups is 2. The van der Waals surface area contributed by atoms with E-state index in [0.717, 1.165) is 16.9 Å². The first kappa shape index (κ1) is 18.5. The third-order valence-electron chi connectivity index (χ3n) is 4.65. The Morgan fingerprint density at radius 2 is 1.81 bits per heavy atom. The molecule has 2 aromatic rings. The van der Waals surface area contributed by atoms with E-state index in [1.165, 1.54) is 31.1 Å². The van der Waals surface area contributed by atoms with E-state index < -0.39 is 0 Å². The predicted molar refractivity (Wildman–Crippen MR) is 103 cm³/mol. The van der Waals surface area contributed by atoms with Crippen LogP contribution in [0.3, 0.4) is 0 Å². The van der Waals surface area contributed by atoms with Gasteiger partial charge < -0.3 is 9.64 Å². The first-order chi connectivity index (χ1) is 12.6. The molecule has 0 bridgehead atoms. The third kappa shape index (κ3) is 4.47. The van der Waals surface area contributed by atoms with Gasteiger partial charge in [0.1, 0.15) is 0 Å². The Kier molecular flexibility index (Phi) is 5.99. The number of benzene rings is 2. The zero-order chi connectivity index (χ0) is 18.5. The molecule has 26 heavy (non-hydrogen) atoms. The normalized spacial score (nSPS) is 12.5. The second-order valence-electron chi connectivity index (χ2n) is 6.51. The van der Waals surface area contributed by atoms with Crippen molar-refractivity contribution >= 4 is 23.6 Å². The van der Waals surface area contributed by atoms with Gasteiger partial charge in [0.2, 0.25) is 5.91 Å². The van der Waals surface area contributed by atoms with Gasteiger partial charge in [-0.15, -0.1) is 11.8 Å². The van der Waals surface area contributed by atoms with Gasteiger partial charge in [-0.05, 0) is 60.2 Å². The fourth-order valence-electron chi connectivity index (χ4n) is 3.12. The van der Waals surface area contributed by atoms with Crippen LogP contribution >= 0.6 is 11.8 Å².